The van der Waals surface area contributed by atoms with Crippen molar-refractivity contribution in [3.05, 3.63) is 48.0 Å². The number of hydrogen-bond acceptors (Lipinski definition) is 3. The van der Waals surface area contributed by atoms with E-state index in [-0.39, 0.29) is 16.5 Å². The van der Waals surface area contributed by atoms with Gasteiger partial charge in [-0.05, 0) is 12.1 Å². The maximum atomic E-state index is 12.2. The smallest absolute Gasteiger partial charge is 0.241 e. The molecule has 0 aromatic heterocycles. The third-order valence-electron chi connectivity index (χ3n) is 2.66. The van der Waals surface area contributed by atoms with Gasteiger partial charge in [0.25, 0.3) is 0 Å². The highest BCUT2D eigenvalue weighted by Gasteiger charge is 2.17. The molecule has 4 nitrogen and oxygen atoms in total. The Morgan fingerprint density at radius 1 is 1.21 bits per heavy atom. The fraction of sp³-hybridized carbons (Fsp3) is 0.0769. The van der Waals surface area contributed by atoms with Gasteiger partial charge in [0.15, 0.2) is 0 Å². The molecule has 0 aliphatic heterocycles. The van der Waals surface area contributed by atoms with Crippen LogP contribution in [0.4, 0.5) is 5.69 Å². The van der Waals surface area contributed by atoms with E-state index in [1.807, 2.05) is 6.07 Å². The van der Waals surface area contributed by atoms with Crippen molar-refractivity contribution < 1.29 is 8.42 Å². The van der Waals surface area contributed by atoms with Gasteiger partial charge < -0.3 is 5.73 Å². The first-order chi connectivity index (χ1) is 8.92. The van der Waals surface area contributed by atoms with Gasteiger partial charge in [0.1, 0.15) is 0 Å². The van der Waals surface area contributed by atoms with Gasteiger partial charge in [-0.15, -0.1) is 0 Å². The van der Waals surface area contributed by atoms with Crippen molar-refractivity contribution in [1.82, 2.24) is 4.72 Å². The number of nitrogens with two attached hydrogens (primary N) is 1. The number of nitrogen functional groups attached to an aromatic ring is 1. The van der Waals surface area contributed by atoms with E-state index in [0.717, 1.165) is 0 Å². The highest BCUT2D eigenvalue weighted by atomic mass is 35.5. The number of hydrogen-bond donors (Lipinski definition) is 2. The second kappa shape index (κ2) is 5.21. The fourth-order valence-corrected chi connectivity index (χ4v) is 3.16. The lowest BCUT2D eigenvalue weighted by Crippen LogP contribution is -2.25. The van der Waals surface area contributed by atoms with Gasteiger partial charge in [-0.25, -0.2) is 13.1 Å². The van der Waals surface area contributed by atoms with Crippen LogP contribution in [0.1, 0.15) is 0 Å². The Kier molecular flexibility index (Phi) is 3.80. The summed E-state index contributed by atoms with van der Waals surface area (Å²) in [5, 5.41) is 1.51. The fourth-order valence-electron chi connectivity index (χ4n) is 1.78. The Morgan fingerprint density at radius 2 is 1.84 bits per heavy atom. The summed E-state index contributed by atoms with van der Waals surface area (Å²) in [6.45, 7) is 3.44. The monoisotopic (exact) mass is 296 g/mol. The van der Waals surface area contributed by atoms with E-state index >= 15 is 0 Å². The van der Waals surface area contributed by atoms with Crippen molar-refractivity contribution in [2.24, 2.45) is 0 Å². The summed E-state index contributed by atoms with van der Waals surface area (Å²) in [5.74, 6) is 0. The topological polar surface area (TPSA) is 72.2 Å². The normalized spacial score (nSPS) is 11.6. The zero-order valence-electron chi connectivity index (χ0n) is 10.1. The molecule has 0 spiro atoms. The van der Waals surface area contributed by atoms with E-state index in [9.17, 15) is 8.42 Å². The van der Waals surface area contributed by atoms with Crippen molar-refractivity contribution in [2.45, 2.75) is 4.90 Å². The second-order valence-corrected chi connectivity index (χ2v) is 6.31. The minimum absolute atomic E-state index is 0.0113. The Labute approximate surface area is 116 Å². The number of sulfonamides is 1. The van der Waals surface area contributed by atoms with Crippen molar-refractivity contribution in [2.75, 3.05) is 12.3 Å². The average Bonchev–Trinajstić information content (AvgIpc) is 2.37. The van der Waals surface area contributed by atoms with Gasteiger partial charge >= 0.3 is 0 Å². The van der Waals surface area contributed by atoms with Crippen LogP contribution in [-0.4, -0.2) is 15.0 Å². The van der Waals surface area contributed by atoms with Crippen LogP contribution in [0.2, 0.25) is 0 Å². The summed E-state index contributed by atoms with van der Waals surface area (Å²) >= 11 is 5.57. The molecule has 0 atom stereocenters. The van der Waals surface area contributed by atoms with E-state index in [1.165, 1.54) is 6.07 Å². The quantitative estimate of drug-likeness (QED) is 0.851. The average molecular weight is 297 g/mol. The van der Waals surface area contributed by atoms with Crippen molar-refractivity contribution in [1.29, 1.82) is 0 Å². The van der Waals surface area contributed by atoms with Crippen LogP contribution in [0.5, 0.6) is 0 Å². The van der Waals surface area contributed by atoms with Crippen molar-refractivity contribution in [3.8, 4) is 0 Å². The lowest BCUT2D eigenvalue weighted by atomic mass is 10.1. The largest absolute Gasteiger partial charge is 0.398 e. The number of halogens is 1. The van der Waals surface area contributed by atoms with Crippen LogP contribution < -0.4 is 10.5 Å². The molecule has 0 heterocycles. The Balaban J connectivity index is 2.57. The molecule has 0 saturated carbocycles. The van der Waals surface area contributed by atoms with Crippen LogP contribution in [0.15, 0.2) is 52.9 Å². The summed E-state index contributed by atoms with van der Waals surface area (Å²) < 4.78 is 26.8. The molecule has 0 unspecified atom stereocenters. The number of rotatable bonds is 4. The van der Waals surface area contributed by atoms with Gasteiger partial charge in [-0.2, -0.15) is 0 Å². The molecule has 2 rings (SSSR count). The molecule has 19 heavy (non-hydrogen) atoms. The van der Waals surface area contributed by atoms with Crippen LogP contribution in [-0.2, 0) is 10.0 Å². The lowest BCUT2D eigenvalue weighted by molar-refractivity contribution is 0.586. The van der Waals surface area contributed by atoms with Gasteiger partial charge in [0.05, 0.1) is 4.90 Å². The van der Waals surface area contributed by atoms with E-state index in [1.54, 1.807) is 24.3 Å². The molecular formula is C13H13ClN2O2S. The van der Waals surface area contributed by atoms with Crippen LogP contribution >= 0.6 is 11.6 Å². The Bertz CT molecular complexity index is 741. The summed E-state index contributed by atoms with van der Waals surface area (Å²) in [6, 6.07) is 10.1. The van der Waals surface area contributed by atoms with E-state index in [2.05, 4.69) is 11.3 Å². The molecule has 0 saturated heterocycles. The first kappa shape index (κ1) is 13.9. The minimum atomic E-state index is -3.65. The van der Waals surface area contributed by atoms with Crippen LogP contribution in [0.3, 0.4) is 0 Å². The Morgan fingerprint density at radius 3 is 2.47 bits per heavy atom. The van der Waals surface area contributed by atoms with Gasteiger partial charge in [-0.1, -0.05) is 42.4 Å². The summed E-state index contributed by atoms with van der Waals surface area (Å²) in [5.41, 5.74) is 6.38. The molecule has 3 N–H and O–H groups in total. The van der Waals surface area contributed by atoms with Crippen molar-refractivity contribution >= 4 is 38.1 Å². The third kappa shape index (κ3) is 2.89. The molecule has 100 valence electrons. The standard InChI is InChI=1S/C13H13ClN2O2S/c1-9(14)8-16-19(17,18)13-7-6-12(15)10-4-2-3-5-11(10)13/h2-7,16H,1,8,15H2. The number of anilines is 1. The van der Waals surface area contributed by atoms with Crippen LogP contribution in [0, 0.1) is 0 Å². The first-order valence-corrected chi connectivity index (χ1v) is 7.38. The molecular weight excluding hydrogens is 284 g/mol. The number of benzene rings is 2. The van der Waals surface area contributed by atoms with Crippen molar-refractivity contribution in [3.63, 3.8) is 0 Å². The molecule has 0 amide bonds. The maximum Gasteiger partial charge on any atom is 0.241 e. The molecule has 0 aliphatic carbocycles. The van der Waals surface area contributed by atoms with E-state index < -0.39 is 10.0 Å². The van der Waals surface area contributed by atoms with Gasteiger partial charge in [0.2, 0.25) is 10.0 Å². The third-order valence-corrected chi connectivity index (χ3v) is 4.25. The summed E-state index contributed by atoms with van der Waals surface area (Å²) in [7, 11) is -3.65. The first-order valence-electron chi connectivity index (χ1n) is 5.52. The maximum absolute atomic E-state index is 12.2. The van der Waals surface area contributed by atoms with Gasteiger partial charge in [0, 0.05) is 28.0 Å². The molecule has 2 aromatic carbocycles. The lowest BCUT2D eigenvalue weighted by Gasteiger charge is -2.10. The highest BCUT2D eigenvalue weighted by Crippen LogP contribution is 2.27. The van der Waals surface area contributed by atoms with Crippen LogP contribution in [0.25, 0.3) is 10.8 Å². The summed E-state index contributed by atoms with van der Waals surface area (Å²) in [6.07, 6.45) is 0. The van der Waals surface area contributed by atoms with Gasteiger partial charge in [-0.3, -0.25) is 0 Å². The molecule has 0 aliphatic rings. The minimum Gasteiger partial charge on any atom is -0.398 e. The number of fused-ring (bicyclic) bond motifs is 1. The Hall–Kier alpha value is -1.56. The number of nitrogens with one attached hydrogen (secondary N) is 1. The second-order valence-electron chi connectivity index (χ2n) is 4.04. The molecule has 6 heteroatoms. The predicted molar refractivity (Wildman–Crippen MR) is 78.5 cm³/mol. The molecule has 2 aromatic rings. The van der Waals surface area contributed by atoms with E-state index in [4.69, 9.17) is 17.3 Å². The zero-order valence-corrected chi connectivity index (χ0v) is 11.6. The molecule has 0 radical (unpaired) electrons. The SMILES string of the molecule is C=C(Cl)CNS(=O)(=O)c1ccc(N)c2ccccc12. The highest BCUT2D eigenvalue weighted by molar-refractivity contribution is 7.89. The predicted octanol–water partition coefficient (Wildman–Crippen LogP) is 2.45. The van der Waals surface area contributed by atoms with E-state index in [0.29, 0.717) is 16.5 Å². The molecule has 0 bridgehead atoms. The molecule has 0 fully saturated rings. The zero-order chi connectivity index (χ0) is 14.0. The summed E-state index contributed by atoms with van der Waals surface area (Å²) in [4.78, 5) is 0.176.